The van der Waals surface area contributed by atoms with Crippen LogP contribution in [0.2, 0.25) is 0 Å². The normalized spacial score (nSPS) is 13.4. The molecule has 31 heavy (non-hydrogen) atoms. The Morgan fingerprint density at radius 1 is 0.516 bits per heavy atom. The van der Waals surface area contributed by atoms with E-state index in [4.69, 9.17) is 4.74 Å². The number of rotatable bonds is 5. The van der Waals surface area contributed by atoms with Crippen LogP contribution in [0.1, 0.15) is 12.0 Å². The van der Waals surface area contributed by atoms with Crippen LogP contribution in [0.4, 0.5) is 0 Å². The van der Waals surface area contributed by atoms with Crippen molar-refractivity contribution in [1.29, 1.82) is 0 Å². The Hall–Kier alpha value is -2.86. The van der Waals surface area contributed by atoms with Crippen molar-refractivity contribution in [2.75, 3.05) is 6.61 Å². The standard InChI is InChI=1S/C28H24OP.ClH/c1-5-13-23(14-6-1)28-27(21-22-29-28)30(24-15-7-2-8-16-24,25-17-9-3-10-18-25)26-19-11-4-12-20-26;/h1-20H,21-22H2;1H/q+1;/p-1. The molecule has 1 aliphatic rings. The first-order valence-electron chi connectivity index (χ1n) is 10.4. The minimum Gasteiger partial charge on any atom is -1.00 e. The van der Waals surface area contributed by atoms with Gasteiger partial charge in [-0.15, -0.1) is 0 Å². The van der Waals surface area contributed by atoms with Gasteiger partial charge in [-0.25, -0.2) is 0 Å². The van der Waals surface area contributed by atoms with Crippen LogP contribution < -0.4 is 28.3 Å². The molecule has 0 saturated carbocycles. The summed E-state index contributed by atoms with van der Waals surface area (Å²) in [6.45, 7) is 0.730. The molecule has 1 aliphatic heterocycles. The fourth-order valence-corrected chi connectivity index (χ4v) is 9.09. The smallest absolute Gasteiger partial charge is 0.165 e. The second kappa shape index (κ2) is 9.52. The largest absolute Gasteiger partial charge is 1.00 e. The van der Waals surface area contributed by atoms with Crippen molar-refractivity contribution in [3.63, 3.8) is 0 Å². The minimum absolute atomic E-state index is 0. The van der Waals surface area contributed by atoms with Crippen LogP contribution in [0.25, 0.3) is 5.76 Å². The van der Waals surface area contributed by atoms with Crippen molar-refractivity contribution in [1.82, 2.24) is 0 Å². The maximum Gasteiger partial charge on any atom is 0.165 e. The van der Waals surface area contributed by atoms with E-state index in [0.29, 0.717) is 0 Å². The Labute approximate surface area is 191 Å². The predicted octanol–water partition coefficient (Wildman–Crippen LogP) is 2.77. The highest BCUT2D eigenvalue weighted by Crippen LogP contribution is 2.66. The summed E-state index contributed by atoms with van der Waals surface area (Å²) in [6, 6.07) is 43.6. The topological polar surface area (TPSA) is 9.23 Å². The van der Waals surface area contributed by atoms with Crippen LogP contribution in [-0.2, 0) is 4.74 Å². The molecule has 0 fully saturated rings. The molecule has 4 aromatic rings. The number of hydrogen-bond donors (Lipinski definition) is 0. The van der Waals surface area contributed by atoms with Gasteiger partial charge in [0.1, 0.15) is 28.5 Å². The van der Waals surface area contributed by atoms with Crippen molar-refractivity contribution < 1.29 is 17.1 Å². The lowest BCUT2D eigenvalue weighted by Gasteiger charge is -2.28. The Morgan fingerprint density at radius 2 is 0.903 bits per heavy atom. The number of ether oxygens (including phenoxy) is 1. The third kappa shape index (κ3) is 3.81. The lowest BCUT2D eigenvalue weighted by atomic mass is 10.2. The van der Waals surface area contributed by atoms with Gasteiger partial charge < -0.3 is 17.1 Å². The molecule has 5 rings (SSSR count). The number of hydrogen-bond acceptors (Lipinski definition) is 1. The van der Waals surface area contributed by atoms with Gasteiger partial charge in [-0.05, 0) is 36.4 Å². The van der Waals surface area contributed by atoms with Crippen LogP contribution in [0.5, 0.6) is 0 Å². The van der Waals surface area contributed by atoms with E-state index in [2.05, 4.69) is 121 Å². The van der Waals surface area contributed by atoms with Crippen LogP contribution >= 0.6 is 7.26 Å². The summed E-state index contributed by atoms with van der Waals surface area (Å²) in [5.74, 6) is 1.06. The zero-order valence-corrected chi connectivity index (χ0v) is 18.8. The highest BCUT2D eigenvalue weighted by Gasteiger charge is 2.52. The van der Waals surface area contributed by atoms with E-state index in [1.165, 1.54) is 21.2 Å². The molecule has 0 radical (unpaired) electrons. The fourth-order valence-electron chi connectivity index (χ4n) is 4.48. The molecule has 0 bridgehead atoms. The molecule has 0 atom stereocenters. The van der Waals surface area contributed by atoms with Crippen molar-refractivity contribution in [2.45, 2.75) is 6.42 Å². The van der Waals surface area contributed by atoms with Crippen molar-refractivity contribution >= 4 is 28.9 Å². The molecule has 0 amide bonds. The maximum absolute atomic E-state index is 6.33. The molecule has 3 heteroatoms. The van der Waals surface area contributed by atoms with Gasteiger partial charge in [0.25, 0.3) is 0 Å². The first-order valence-corrected chi connectivity index (χ1v) is 12.2. The van der Waals surface area contributed by atoms with E-state index in [-0.39, 0.29) is 12.4 Å². The molecule has 154 valence electrons. The SMILES string of the molecule is [Cl-].c1ccc(C2=C([P+](c3ccccc3)(c3ccccc3)c3ccccc3)CCO2)cc1. The molecule has 1 heterocycles. The molecule has 0 aromatic heterocycles. The Balaban J connectivity index is 0.00000231. The van der Waals surface area contributed by atoms with E-state index in [1.54, 1.807) is 0 Å². The van der Waals surface area contributed by atoms with Gasteiger partial charge in [0.2, 0.25) is 0 Å². The average Bonchev–Trinajstić information content (AvgIpc) is 3.33. The molecule has 4 aromatic carbocycles. The third-order valence-electron chi connectivity index (χ3n) is 5.72. The summed E-state index contributed by atoms with van der Waals surface area (Å²) in [7, 11) is -2.07. The van der Waals surface area contributed by atoms with E-state index < -0.39 is 7.26 Å². The Bertz CT molecular complexity index is 1050. The summed E-state index contributed by atoms with van der Waals surface area (Å²) in [5, 5.41) is 5.54. The molecule has 0 unspecified atom stereocenters. The Morgan fingerprint density at radius 3 is 1.32 bits per heavy atom. The summed E-state index contributed by atoms with van der Waals surface area (Å²) < 4.78 is 6.33. The second-order valence-corrected chi connectivity index (χ2v) is 10.8. The van der Waals surface area contributed by atoms with E-state index in [0.717, 1.165) is 24.4 Å². The third-order valence-corrected chi connectivity index (χ3v) is 10.2. The van der Waals surface area contributed by atoms with E-state index in [1.807, 2.05) is 0 Å². The molecule has 0 saturated heterocycles. The molecule has 0 spiro atoms. The minimum atomic E-state index is -2.07. The zero-order valence-electron chi connectivity index (χ0n) is 17.2. The van der Waals surface area contributed by atoms with Gasteiger partial charge in [0.15, 0.2) is 5.76 Å². The lowest BCUT2D eigenvalue weighted by molar-refractivity contribution is -0.00000627. The number of benzene rings is 4. The first kappa shape index (κ1) is 21.4. The lowest BCUT2D eigenvalue weighted by Crippen LogP contribution is -3.00. The van der Waals surface area contributed by atoms with Gasteiger partial charge in [0.05, 0.1) is 6.61 Å². The Kier molecular flexibility index (Phi) is 6.56. The number of halogens is 1. The van der Waals surface area contributed by atoms with Crippen LogP contribution in [-0.4, -0.2) is 6.61 Å². The van der Waals surface area contributed by atoms with Gasteiger partial charge in [0, 0.05) is 12.0 Å². The van der Waals surface area contributed by atoms with Gasteiger partial charge in [-0.3, -0.25) is 0 Å². The summed E-state index contributed by atoms with van der Waals surface area (Å²) in [4.78, 5) is 0. The van der Waals surface area contributed by atoms with Crippen LogP contribution in [0.15, 0.2) is 127 Å². The fraction of sp³-hybridized carbons (Fsp3) is 0.0714. The maximum atomic E-state index is 6.33. The monoisotopic (exact) mass is 442 g/mol. The van der Waals surface area contributed by atoms with Gasteiger partial charge >= 0.3 is 0 Å². The van der Waals surface area contributed by atoms with Gasteiger partial charge in [-0.1, -0.05) is 84.9 Å². The zero-order chi connectivity index (χ0) is 20.2. The molecule has 0 N–H and O–H groups in total. The quantitative estimate of drug-likeness (QED) is 0.432. The predicted molar refractivity (Wildman–Crippen MR) is 129 cm³/mol. The van der Waals surface area contributed by atoms with Crippen molar-refractivity contribution in [2.24, 2.45) is 0 Å². The average molecular weight is 443 g/mol. The molecular formula is C28H24ClOP. The molecule has 1 nitrogen and oxygen atoms in total. The molecule has 0 aliphatic carbocycles. The van der Waals surface area contributed by atoms with E-state index >= 15 is 0 Å². The van der Waals surface area contributed by atoms with Crippen LogP contribution in [0, 0.1) is 0 Å². The van der Waals surface area contributed by atoms with Gasteiger partial charge in [-0.2, -0.15) is 0 Å². The second-order valence-electron chi connectivity index (χ2n) is 7.42. The summed E-state index contributed by atoms with van der Waals surface area (Å²) in [6.07, 6.45) is 0.941. The highest BCUT2D eigenvalue weighted by atomic mass is 35.5. The van der Waals surface area contributed by atoms with Crippen molar-refractivity contribution in [3.8, 4) is 0 Å². The summed E-state index contributed by atoms with van der Waals surface area (Å²) >= 11 is 0. The first-order chi connectivity index (χ1) is 14.9. The van der Waals surface area contributed by atoms with E-state index in [9.17, 15) is 0 Å². The summed E-state index contributed by atoms with van der Waals surface area (Å²) in [5.41, 5.74) is 1.16. The molecular weight excluding hydrogens is 419 g/mol. The van der Waals surface area contributed by atoms with Crippen LogP contribution in [0.3, 0.4) is 0 Å². The van der Waals surface area contributed by atoms with Crippen molar-refractivity contribution in [3.05, 3.63) is 132 Å². The highest BCUT2D eigenvalue weighted by molar-refractivity contribution is 7.99.